The number of rotatable bonds is 6. The van der Waals surface area contributed by atoms with Crippen LogP contribution in [0.25, 0.3) is 10.9 Å². The molecular formula is C34H26ClFN4O3. The number of fused-ring (bicyclic) bond motifs is 4. The van der Waals surface area contributed by atoms with Gasteiger partial charge in [0.2, 0.25) is 0 Å². The molecule has 214 valence electrons. The van der Waals surface area contributed by atoms with Crippen molar-refractivity contribution in [2.24, 2.45) is 0 Å². The minimum atomic E-state index is -0.766. The first-order valence-corrected chi connectivity index (χ1v) is 14.4. The van der Waals surface area contributed by atoms with Gasteiger partial charge in [-0.1, -0.05) is 66.2 Å². The lowest BCUT2D eigenvalue weighted by molar-refractivity contribution is -0.120. The fraction of sp³-hybridized carbons (Fsp3) is 0.147. The minimum absolute atomic E-state index is 0.214. The van der Waals surface area contributed by atoms with E-state index < -0.39 is 24.0 Å². The van der Waals surface area contributed by atoms with E-state index in [0.29, 0.717) is 24.4 Å². The first-order valence-electron chi connectivity index (χ1n) is 14.0. The third-order valence-electron chi connectivity index (χ3n) is 8.22. The highest BCUT2D eigenvalue weighted by atomic mass is 35.5. The van der Waals surface area contributed by atoms with Crippen LogP contribution in [0.1, 0.15) is 38.8 Å². The minimum Gasteiger partial charge on any atom is -0.356 e. The molecule has 1 saturated heterocycles. The molecule has 5 aromatic rings. The molecule has 2 N–H and O–H groups in total. The second-order valence-electron chi connectivity index (χ2n) is 10.8. The number of H-pyrrole nitrogens is 1. The van der Waals surface area contributed by atoms with Crippen molar-refractivity contribution < 1.29 is 18.8 Å². The highest BCUT2D eigenvalue weighted by Gasteiger charge is 2.53. The molecule has 7 rings (SSSR count). The monoisotopic (exact) mass is 592 g/mol. The maximum Gasteiger partial charge on any atom is 0.332 e. The Morgan fingerprint density at radius 3 is 2.53 bits per heavy atom. The number of aromatic amines is 1. The molecule has 0 saturated carbocycles. The molecule has 2 aliphatic heterocycles. The molecule has 2 atom stereocenters. The first-order chi connectivity index (χ1) is 20.9. The summed E-state index contributed by atoms with van der Waals surface area (Å²) in [7, 11) is 0. The number of nitrogens with one attached hydrogen (secondary N) is 2. The van der Waals surface area contributed by atoms with Crippen molar-refractivity contribution in [2.45, 2.75) is 24.9 Å². The highest BCUT2D eigenvalue weighted by molar-refractivity contribution is 6.30. The summed E-state index contributed by atoms with van der Waals surface area (Å²) >= 11 is 6.39. The molecule has 43 heavy (non-hydrogen) atoms. The van der Waals surface area contributed by atoms with Crippen molar-refractivity contribution in [3.8, 4) is 0 Å². The third kappa shape index (κ3) is 4.64. The van der Waals surface area contributed by atoms with Crippen LogP contribution in [0.15, 0.2) is 97.1 Å². The molecule has 9 heteroatoms. The van der Waals surface area contributed by atoms with Crippen LogP contribution < -0.4 is 10.2 Å². The van der Waals surface area contributed by atoms with Crippen LogP contribution in [0, 0.1) is 5.82 Å². The van der Waals surface area contributed by atoms with E-state index in [0.717, 1.165) is 38.2 Å². The lowest BCUT2D eigenvalue weighted by Crippen LogP contribution is -2.44. The van der Waals surface area contributed by atoms with Crippen LogP contribution in [0.4, 0.5) is 14.9 Å². The quantitative estimate of drug-likeness (QED) is 0.223. The number of carbonyl (C=O) groups is 3. The maximum atomic E-state index is 14.3. The molecule has 1 fully saturated rings. The summed E-state index contributed by atoms with van der Waals surface area (Å²) in [6.45, 7) is 0.300. The number of halogens is 2. The molecule has 0 radical (unpaired) electrons. The standard InChI is InChI=1S/C34H26ClFN4O3/c35-22-7-5-6-21(18-22)31-30-26(24-8-1-3-10-27(24)38-30)19-29-33(42)40(34(43)39(29)31)28-11-4-2-9-25(28)32(41)37-17-16-20-12-14-23(36)15-13-20/h1-15,18,29,31,38H,16-17,19H2,(H,37,41)/t29-,31-/m0/s1. The maximum absolute atomic E-state index is 14.3. The third-order valence-corrected chi connectivity index (χ3v) is 8.45. The van der Waals surface area contributed by atoms with Crippen LogP contribution in [-0.4, -0.2) is 40.3 Å². The molecule has 7 nitrogen and oxygen atoms in total. The van der Waals surface area contributed by atoms with Crippen molar-refractivity contribution in [3.63, 3.8) is 0 Å². The molecule has 0 bridgehead atoms. The van der Waals surface area contributed by atoms with Gasteiger partial charge in [0.1, 0.15) is 17.9 Å². The van der Waals surface area contributed by atoms with E-state index in [2.05, 4.69) is 10.3 Å². The summed E-state index contributed by atoms with van der Waals surface area (Å²) in [5, 5.41) is 4.40. The van der Waals surface area contributed by atoms with Crippen LogP contribution in [0.3, 0.4) is 0 Å². The number of imide groups is 1. The Bertz CT molecular complexity index is 1900. The number of nitrogens with zero attached hydrogens (tertiary/aromatic N) is 2. The summed E-state index contributed by atoms with van der Waals surface area (Å²) in [4.78, 5) is 48.0. The molecular weight excluding hydrogens is 567 g/mol. The zero-order valence-corrected chi connectivity index (χ0v) is 23.6. The number of anilines is 1. The van der Waals surface area contributed by atoms with Gasteiger partial charge in [0, 0.05) is 34.6 Å². The Morgan fingerprint density at radius 2 is 1.72 bits per heavy atom. The number of benzene rings is 4. The first kappa shape index (κ1) is 26.9. The Balaban J connectivity index is 1.23. The Hall–Kier alpha value is -4.95. The highest BCUT2D eigenvalue weighted by Crippen LogP contribution is 2.45. The lowest BCUT2D eigenvalue weighted by atomic mass is 9.89. The molecule has 2 aliphatic rings. The Kier molecular flexibility index (Phi) is 6.70. The lowest BCUT2D eigenvalue weighted by Gasteiger charge is -2.36. The SMILES string of the molecule is O=C(NCCc1ccc(F)cc1)c1ccccc1N1C(=O)[C@@H]2Cc3c([nH]c4ccccc34)[C@H](c3cccc(Cl)c3)N2C1=O. The zero-order valence-electron chi connectivity index (χ0n) is 22.9. The van der Waals surface area contributed by atoms with E-state index in [1.165, 1.54) is 12.1 Å². The smallest absolute Gasteiger partial charge is 0.332 e. The van der Waals surface area contributed by atoms with Gasteiger partial charge in [-0.3, -0.25) is 14.5 Å². The average molecular weight is 593 g/mol. The number of hydrogen-bond donors (Lipinski definition) is 2. The molecule has 0 spiro atoms. The van der Waals surface area contributed by atoms with Gasteiger partial charge in [-0.25, -0.2) is 14.1 Å². The fourth-order valence-corrected chi connectivity index (χ4v) is 6.45. The molecule has 3 heterocycles. The number of aromatic nitrogens is 1. The largest absolute Gasteiger partial charge is 0.356 e. The fourth-order valence-electron chi connectivity index (χ4n) is 6.25. The van der Waals surface area contributed by atoms with Gasteiger partial charge < -0.3 is 10.3 Å². The van der Waals surface area contributed by atoms with E-state index in [1.807, 2.05) is 42.5 Å². The molecule has 0 aliphatic carbocycles. The number of para-hydroxylation sites is 2. The molecule has 4 amide bonds. The Morgan fingerprint density at radius 1 is 0.953 bits per heavy atom. The van der Waals surface area contributed by atoms with Gasteiger partial charge in [-0.2, -0.15) is 0 Å². The predicted octanol–water partition coefficient (Wildman–Crippen LogP) is 6.42. The van der Waals surface area contributed by atoms with Crippen molar-refractivity contribution in [2.75, 3.05) is 11.4 Å². The summed E-state index contributed by atoms with van der Waals surface area (Å²) < 4.78 is 13.2. The van der Waals surface area contributed by atoms with E-state index in [4.69, 9.17) is 11.6 Å². The summed E-state index contributed by atoms with van der Waals surface area (Å²) in [5.74, 6) is -1.12. The van der Waals surface area contributed by atoms with Crippen LogP contribution in [-0.2, 0) is 17.6 Å². The summed E-state index contributed by atoms with van der Waals surface area (Å²) in [6.07, 6.45) is 0.835. The van der Waals surface area contributed by atoms with Gasteiger partial charge in [0.05, 0.1) is 11.3 Å². The van der Waals surface area contributed by atoms with Crippen LogP contribution in [0.2, 0.25) is 5.02 Å². The summed E-state index contributed by atoms with van der Waals surface area (Å²) in [5.41, 5.74) is 4.85. The normalized spacial score (nSPS) is 17.7. The second-order valence-corrected chi connectivity index (χ2v) is 11.2. The Labute approximate surface area is 251 Å². The number of urea groups is 1. The van der Waals surface area contributed by atoms with Gasteiger partial charge in [0.15, 0.2) is 0 Å². The molecule has 4 aromatic carbocycles. The van der Waals surface area contributed by atoms with Crippen molar-refractivity contribution in [1.29, 1.82) is 0 Å². The number of amides is 4. The van der Waals surface area contributed by atoms with Crippen molar-refractivity contribution >= 4 is 46.0 Å². The average Bonchev–Trinajstić information content (AvgIpc) is 3.51. The zero-order chi connectivity index (χ0) is 29.7. The van der Waals surface area contributed by atoms with Crippen LogP contribution in [0.5, 0.6) is 0 Å². The topological polar surface area (TPSA) is 85.5 Å². The molecule has 1 aromatic heterocycles. The number of carbonyl (C=O) groups excluding carboxylic acids is 3. The van der Waals surface area contributed by atoms with E-state index in [9.17, 15) is 18.8 Å². The van der Waals surface area contributed by atoms with E-state index >= 15 is 0 Å². The van der Waals surface area contributed by atoms with E-state index in [1.54, 1.807) is 47.4 Å². The van der Waals surface area contributed by atoms with Gasteiger partial charge in [-0.15, -0.1) is 0 Å². The second kappa shape index (κ2) is 10.7. The predicted molar refractivity (Wildman–Crippen MR) is 163 cm³/mol. The van der Waals surface area contributed by atoms with Gasteiger partial charge in [-0.05, 0) is 65.6 Å². The molecule has 0 unspecified atom stereocenters. The van der Waals surface area contributed by atoms with Crippen molar-refractivity contribution in [3.05, 3.63) is 136 Å². The van der Waals surface area contributed by atoms with Gasteiger partial charge >= 0.3 is 6.03 Å². The van der Waals surface area contributed by atoms with Gasteiger partial charge in [0.25, 0.3) is 11.8 Å². The van der Waals surface area contributed by atoms with Crippen LogP contribution >= 0.6 is 11.6 Å². The number of hydrogen-bond acceptors (Lipinski definition) is 3. The summed E-state index contributed by atoms with van der Waals surface area (Å²) in [6, 6.07) is 26.1. The van der Waals surface area contributed by atoms with Crippen molar-refractivity contribution in [1.82, 2.24) is 15.2 Å². The van der Waals surface area contributed by atoms with E-state index in [-0.39, 0.29) is 23.0 Å².